The highest BCUT2D eigenvalue weighted by atomic mass is 32.1. The van der Waals surface area contributed by atoms with Gasteiger partial charge < -0.3 is 35.4 Å². The molecule has 15 heteroatoms. The first kappa shape index (κ1) is 34.0. The van der Waals surface area contributed by atoms with Crippen molar-refractivity contribution in [3.63, 3.8) is 0 Å². The van der Waals surface area contributed by atoms with Crippen molar-refractivity contribution in [3.05, 3.63) is 85.4 Å². The SMILES string of the molecule is COc1ccc(-c2cc(C)c3c(N)c(C(N)=O)sc3n2)cc1OC.COc1ccc(-c2cc(C)c3c(n2)sc2c(=O)[nH]c(=O)[nH]c23)cc1OC. The number of amides is 1. The summed E-state index contributed by atoms with van der Waals surface area (Å²) in [5.74, 6) is 1.98. The van der Waals surface area contributed by atoms with E-state index in [0.717, 1.165) is 44.4 Å². The van der Waals surface area contributed by atoms with Gasteiger partial charge in [0.25, 0.3) is 11.5 Å². The molecule has 0 atom stereocenters. The van der Waals surface area contributed by atoms with E-state index < -0.39 is 17.2 Å². The van der Waals surface area contributed by atoms with Gasteiger partial charge in [-0.2, -0.15) is 0 Å². The normalized spacial score (nSPS) is 11.0. The van der Waals surface area contributed by atoms with Gasteiger partial charge in [0.15, 0.2) is 23.0 Å². The van der Waals surface area contributed by atoms with Crippen LogP contribution in [0.1, 0.15) is 20.8 Å². The number of pyridine rings is 2. The molecular weight excluding hydrogens is 681 g/mol. The number of fused-ring (bicyclic) bond motifs is 4. The molecule has 2 aromatic carbocycles. The van der Waals surface area contributed by atoms with E-state index in [4.69, 9.17) is 35.4 Å². The van der Waals surface area contributed by atoms with Crippen LogP contribution in [0.25, 0.3) is 53.2 Å². The van der Waals surface area contributed by atoms with Crippen molar-refractivity contribution in [2.75, 3.05) is 34.2 Å². The zero-order valence-electron chi connectivity index (χ0n) is 27.8. The van der Waals surface area contributed by atoms with Crippen molar-refractivity contribution >= 4 is 64.9 Å². The number of rotatable bonds is 7. The van der Waals surface area contributed by atoms with E-state index in [2.05, 4.69) is 15.0 Å². The first-order valence-electron chi connectivity index (χ1n) is 15.0. The van der Waals surface area contributed by atoms with Crippen LogP contribution >= 0.6 is 22.7 Å². The number of aromatic amines is 2. The van der Waals surface area contributed by atoms with E-state index in [0.29, 0.717) is 53.4 Å². The number of carbonyl (C=O) groups excluding carboxylic acids is 1. The molecule has 50 heavy (non-hydrogen) atoms. The smallest absolute Gasteiger partial charge is 0.326 e. The largest absolute Gasteiger partial charge is 0.493 e. The van der Waals surface area contributed by atoms with Gasteiger partial charge in [0.2, 0.25) is 0 Å². The highest BCUT2D eigenvalue weighted by Gasteiger charge is 2.19. The maximum absolute atomic E-state index is 12.1. The number of H-pyrrole nitrogens is 2. The molecule has 13 nitrogen and oxygen atoms in total. The van der Waals surface area contributed by atoms with Crippen molar-refractivity contribution in [3.8, 4) is 45.5 Å². The number of methoxy groups -OCH3 is 4. The number of nitrogens with zero attached hydrogens (tertiary/aromatic N) is 2. The first-order chi connectivity index (χ1) is 24.0. The molecule has 256 valence electrons. The van der Waals surface area contributed by atoms with Gasteiger partial charge in [0.1, 0.15) is 19.2 Å². The van der Waals surface area contributed by atoms with Crippen molar-refractivity contribution < 1.29 is 23.7 Å². The zero-order valence-corrected chi connectivity index (χ0v) is 29.5. The van der Waals surface area contributed by atoms with Gasteiger partial charge in [-0.05, 0) is 73.5 Å². The topological polar surface area (TPSA) is 198 Å². The number of thiophene rings is 2. The van der Waals surface area contributed by atoms with E-state index >= 15 is 0 Å². The highest BCUT2D eigenvalue weighted by Crippen LogP contribution is 2.39. The molecule has 5 aromatic heterocycles. The number of carbonyl (C=O) groups is 1. The van der Waals surface area contributed by atoms with Crippen LogP contribution in [0.15, 0.2) is 58.1 Å². The van der Waals surface area contributed by atoms with Crippen LogP contribution < -0.4 is 41.7 Å². The Balaban J connectivity index is 0.000000174. The van der Waals surface area contributed by atoms with E-state index in [9.17, 15) is 14.4 Å². The minimum Gasteiger partial charge on any atom is -0.493 e. The fourth-order valence-corrected chi connectivity index (χ4v) is 7.77. The van der Waals surface area contributed by atoms with Crippen LogP contribution in [0.4, 0.5) is 5.69 Å². The van der Waals surface area contributed by atoms with Gasteiger partial charge in [-0.3, -0.25) is 14.6 Å². The van der Waals surface area contributed by atoms with Gasteiger partial charge >= 0.3 is 5.69 Å². The fourth-order valence-electron chi connectivity index (χ4n) is 5.65. The fraction of sp³-hybridized carbons (Fsp3) is 0.171. The predicted octanol–water partition coefficient (Wildman–Crippen LogP) is 5.79. The molecule has 7 rings (SSSR count). The number of aromatic nitrogens is 4. The third-order valence-electron chi connectivity index (χ3n) is 8.01. The summed E-state index contributed by atoms with van der Waals surface area (Å²) < 4.78 is 21.7. The zero-order chi connectivity index (χ0) is 35.9. The molecular formula is C35H32N6O7S2. The lowest BCUT2D eigenvalue weighted by atomic mass is 10.1. The van der Waals surface area contributed by atoms with Crippen LogP contribution in [0.2, 0.25) is 0 Å². The van der Waals surface area contributed by atoms with Crippen molar-refractivity contribution in [2.45, 2.75) is 13.8 Å². The maximum atomic E-state index is 12.1. The van der Waals surface area contributed by atoms with Crippen LogP contribution in [0.5, 0.6) is 23.0 Å². The number of primary amides is 1. The number of nitrogen functional groups attached to an aromatic ring is 1. The Morgan fingerprint density at radius 2 is 1.20 bits per heavy atom. The molecule has 0 aliphatic heterocycles. The second-order valence-electron chi connectivity index (χ2n) is 11.1. The number of aryl methyl sites for hydroxylation is 2. The molecule has 0 aliphatic carbocycles. The third kappa shape index (κ3) is 6.08. The Kier molecular flexibility index (Phi) is 9.18. The van der Waals surface area contributed by atoms with Crippen molar-refractivity contribution in [2.24, 2.45) is 5.73 Å². The predicted molar refractivity (Wildman–Crippen MR) is 197 cm³/mol. The van der Waals surface area contributed by atoms with Gasteiger partial charge in [0, 0.05) is 21.9 Å². The molecule has 6 N–H and O–H groups in total. The number of nitrogens with one attached hydrogen (secondary N) is 2. The lowest BCUT2D eigenvalue weighted by Crippen LogP contribution is -2.20. The number of benzene rings is 2. The van der Waals surface area contributed by atoms with Crippen molar-refractivity contribution in [1.29, 1.82) is 0 Å². The van der Waals surface area contributed by atoms with E-state index in [1.54, 1.807) is 28.4 Å². The quantitative estimate of drug-likeness (QED) is 0.157. The highest BCUT2D eigenvalue weighted by molar-refractivity contribution is 7.25. The van der Waals surface area contributed by atoms with Gasteiger partial charge in [0.05, 0.1) is 51.0 Å². The summed E-state index contributed by atoms with van der Waals surface area (Å²) in [6.07, 6.45) is 0. The first-order valence-corrected chi connectivity index (χ1v) is 16.6. The maximum Gasteiger partial charge on any atom is 0.326 e. The third-order valence-corrected chi connectivity index (χ3v) is 10.2. The van der Waals surface area contributed by atoms with Gasteiger partial charge in [-0.25, -0.2) is 14.8 Å². The molecule has 0 fully saturated rings. The number of hydrogen-bond donors (Lipinski definition) is 4. The van der Waals surface area contributed by atoms with E-state index in [1.165, 1.54) is 22.7 Å². The summed E-state index contributed by atoms with van der Waals surface area (Å²) >= 11 is 2.46. The Hall–Kier alpha value is -5.93. The Bertz CT molecular complexity index is 2570. The molecule has 0 spiro atoms. The molecule has 0 saturated heterocycles. The summed E-state index contributed by atoms with van der Waals surface area (Å²) in [5, 5.41) is 1.57. The monoisotopic (exact) mass is 712 g/mol. The van der Waals surface area contributed by atoms with Crippen molar-refractivity contribution in [1.82, 2.24) is 19.9 Å². The molecule has 0 aliphatic rings. The molecule has 1 amide bonds. The summed E-state index contributed by atoms with van der Waals surface area (Å²) in [4.78, 5) is 51.2. The Morgan fingerprint density at radius 1 is 0.700 bits per heavy atom. The molecule has 7 aromatic rings. The number of nitrogens with two attached hydrogens (primary N) is 2. The van der Waals surface area contributed by atoms with Crippen LogP contribution in [-0.2, 0) is 0 Å². The standard InChI is InChI=1S/C18H15N3O4S.C17H17N3O3S/c1-8-6-10(9-4-5-11(24-2)12(7-9)25-3)19-17-13(8)14-15(26-17)16(22)21-18(23)20-14;1-8-6-10(9-4-5-11(22-2)12(7-9)23-3)20-17-13(8)14(18)15(24-17)16(19)21/h4-7H,1-3H3,(H2,20,21,22,23);4-7H,18H2,1-3H3,(H2,19,21). The summed E-state index contributed by atoms with van der Waals surface area (Å²) in [6.45, 7) is 3.86. The molecule has 5 heterocycles. The van der Waals surface area contributed by atoms with Crippen LogP contribution in [0, 0.1) is 13.8 Å². The van der Waals surface area contributed by atoms with E-state index in [1.807, 2.05) is 62.4 Å². The number of anilines is 1. The lowest BCUT2D eigenvalue weighted by Gasteiger charge is -2.10. The molecule has 0 saturated carbocycles. The minimum absolute atomic E-state index is 0.338. The number of ether oxygens (including phenoxy) is 4. The lowest BCUT2D eigenvalue weighted by molar-refractivity contribution is 0.100. The summed E-state index contributed by atoms with van der Waals surface area (Å²) in [6, 6.07) is 15.0. The van der Waals surface area contributed by atoms with Crippen LogP contribution in [0.3, 0.4) is 0 Å². The Labute approximate surface area is 292 Å². The summed E-state index contributed by atoms with van der Waals surface area (Å²) in [7, 11) is 6.34. The second kappa shape index (κ2) is 13.5. The summed E-state index contributed by atoms with van der Waals surface area (Å²) in [5.41, 5.74) is 16.5. The van der Waals surface area contributed by atoms with Crippen LogP contribution in [-0.4, -0.2) is 54.3 Å². The second-order valence-corrected chi connectivity index (χ2v) is 13.1. The molecule has 0 radical (unpaired) electrons. The molecule has 0 unspecified atom stereocenters. The minimum atomic E-state index is -0.539. The number of hydrogen-bond acceptors (Lipinski definition) is 12. The Morgan fingerprint density at radius 3 is 1.70 bits per heavy atom. The van der Waals surface area contributed by atoms with Gasteiger partial charge in [-0.1, -0.05) is 0 Å². The average molecular weight is 713 g/mol. The molecule has 0 bridgehead atoms. The van der Waals surface area contributed by atoms with E-state index in [-0.39, 0.29) is 0 Å². The van der Waals surface area contributed by atoms with Gasteiger partial charge in [-0.15, -0.1) is 22.7 Å². The average Bonchev–Trinajstić information content (AvgIpc) is 3.66.